The number of rotatable bonds is 8. The maximum absolute atomic E-state index is 14.6. The molecule has 0 amide bonds. The predicted octanol–water partition coefficient (Wildman–Crippen LogP) is 4.06. The molecular formula is C30H35B2ClFN7O3. The van der Waals surface area contributed by atoms with Gasteiger partial charge >= 0.3 is 5.97 Å². The maximum Gasteiger partial charge on any atom is 0.324 e. The highest BCUT2D eigenvalue weighted by atomic mass is 35.5. The van der Waals surface area contributed by atoms with Gasteiger partial charge in [-0.2, -0.15) is 5.10 Å². The first-order valence-electron chi connectivity index (χ1n) is 14.2. The Labute approximate surface area is 264 Å². The SMILES string of the molecule is [B]C1([B])/C(C=NC)=C(/N)c2ccc(F)cc2[C@@H](C)Oc2cc(cnc2NCOC(=O)C(N)C(C)CC)-c2c1c(Cl)nn2CC. The Balaban J connectivity index is 1.92. The third-order valence-corrected chi connectivity index (χ3v) is 8.04. The molecule has 0 aliphatic carbocycles. The van der Waals surface area contributed by atoms with Crippen molar-refractivity contribution in [2.45, 2.75) is 58.0 Å². The lowest BCUT2D eigenvalue weighted by Crippen LogP contribution is -2.38. The molecule has 44 heavy (non-hydrogen) atoms. The van der Waals surface area contributed by atoms with Gasteiger partial charge in [-0.05, 0) is 54.8 Å². The fraction of sp³-hybridized carbons (Fsp3) is 0.400. The lowest BCUT2D eigenvalue weighted by Gasteiger charge is -2.31. The molecule has 14 heteroatoms. The van der Waals surface area contributed by atoms with Gasteiger partial charge in [0.25, 0.3) is 0 Å². The normalized spacial score (nSPS) is 19.1. The number of carbonyl (C=O) groups is 1. The molecule has 2 aromatic heterocycles. The number of ether oxygens (including phenoxy) is 2. The lowest BCUT2D eigenvalue weighted by atomic mass is 9.47. The lowest BCUT2D eigenvalue weighted by molar-refractivity contribution is -0.145. The number of fused-ring (bicyclic) bond motifs is 5. The van der Waals surface area contributed by atoms with E-state index in [4.69, 9.17) is 48.2 Å². The number of nitrogens with one attached hydrogen (secondary N) is 1. The fourth-order valence-electron chi connectivity index (χ4n) is 5.05. The summed E-state index contributed by atoms with van der Waals surface area (Å²) >= 11 is 6.70. The van der Waals surface area contributed by atoms with Crippen molar-refractivity contribution in [1.29, 1.82) is 0 Å². The molecule has 0 spiro atoms. The van der Waals surface area contributed by atoms with E-state index in [1.54, 1.807) is 30.9 Å². The summed E-state index contributed by atoms with van der Waals surface area (Å²) < 4.78 is 28.0. The van der Waals surface area contributed by atoms with Gasteiger partial charge in [0.15, 0.2) is 23.5 Å². The molecule has 2 bridgehead atoms. The number of nitrogens with two attached hydrogens (primary N) is 2. The van der Waals surface area contributed by atoms with Gasteiger partial charge in [-0.25, -0.2) is 9.37 Å². The van der Waals surface area contributed by atoms with E-state index in [1.807, 2.05) is 20.8 Å². The highest BCUT2D eigenvalue weighted by Crippen LogP contribution is 2.43. The highest BCUT2D eigenvalue weighted by molar-refractivity contribution is 6.47. The van der Waals surface area contributed by atoms with Gasteiger partial charge in [0.1, 0.15) is 18.0 Å². The number of benzene rings is 1. The number of aliphatic imine (C=N–C) groups is 1. The second kappa shape index (κ2) is 13.4. The van der Waals surface area contributed by atoms with E-state index in [1.165, 1.54) is 24.4 Å². The van der Waals surface area contributed by atoms with Gasteiger partial charge in [-0.15, -0.1) is 0 Å². The number of hydrogen-bond acceptors (Lipinski definition) is 9. The third-order valence-electron chi connectivity index (χ3n) is 7.77. The van der Waals surface area contributed by atoms with Crippen molar-refractivity contribution in [3.63, 3.8) is 0 Å². The van der Waals surface area contributed by atoms with Crippen LogP contribution in [0.15, 0.2) is 41.0 Å². The van der Waals surface area contributed by atoms with Crippen LogP contribution in [-0.4, -0.2) is 62.5 Å². The molecule has 4 radical (unpaired) electrons. The Morgan fingerprint density at radius 2 is 2.09 bits per heavy atom. The number of anilines is 1. The van der Waals surface area contributed by atoms with Crippen LogP contribution in [0.1, 0.15) is 56.9 Å². The summed E-state index contributed by atoms with van der Waals surface area (Å²) in [6, 6.07) is 5.07. The van der Waals surface area contributed by atoms with Crippen LogP contribution in [0.25, 0.3) is 17.0 Å². The van der Waals surface area contributed by atoms with Crippen molar-refractivity contribution in [3.8, 4) is 17.0 Å². The Bertz CT molecular complexity index is 1610. The zero-order chi connectivity index (χ0) is 32.3. The summed E-state index contributed by atoms with van der Waals surface area (Å²) in [7, 11) is 15.3. The fourth-order valence-corrected chi connectivity index (χ4v) is 5.39. The second-order valence-corrected chi connectivity index (χ2v) is 11.0. The van der Waals surface area contributed by atoms with E-state index < -0.39 is 29.1 Å². The molecule has 3 atom stereocenters. The number of pyridine rings is 1. The minimum Gasteiger partial charge on any atom is -0.482 e. The van der Waals surface area contributed by atoms with Crippen molar-refractivity contribution < 1.29 is 18.7 Å². The van der Waals surface area contributed by atoms with E-state index >= 15 is 0 Å². The summed E-state index contributed by atoms with van der Waals surface area (Å²) in [6.45, 7) is 7.64. The van der Waals surface area contributed by atoms with Crippen LogP contribution >= 0.6 is 11.6 Å². The van der Waals surface area contributed by atoms with Crippen molar-refractivity contribution in [1.82, 2.24) is 14.8 Å². The topological polar surface area (TPSA) is 143 Å². The molecule has 2 unspecified atom stereocenters. The zero-order valence-corrected chi connectivity index (χ0v) is 26.2. The largest absolute Gasteiger partial charge is 0.482 e. The Morgan fingerprint density at radius 3 is 2.75 bits per heavy atom. The first kappa shape index (κ1) is 33.1. The smallest absolute Gasteiger partial charge is 0.324 e. The number of halogens is 2. The van der Waals surface area contributed by atoms with Crippen molar-refractivity contribution >= 4 is 51.0 Å². The number of aromatic nitrogens is 3. The van der Waals surface area contributed by atoms with Gasteiger partial charge in [0.2, 0.25) is 0 Å². The first-order valence-corrected chi connectivity index (χ1v) is 14.6. The number of allylic oxidation sites excluding steroid dienone is 1. The molecule has 0 saturated heterocycles. The van der Waals surface area contributed by atoms with Crippen LogP contribution in [0.3, 0.4) is 0 Å². The summed E-state index contributed by atoms with van der Waals surface area (Å²) in [5, 5.41) is 5.73. The van der Waals surface area contributed by atoms with Crippen LogP contribution in [0, 0.1) is 11.7 Å². The molecule has 5 N–H and O–H groups in total. The third kappa shape index (κ3) is 6.34. The molecule has 3 heterocycles. The highest BCUT2D eigenvalue weighted by Gasteiger charge is 2.36. The van der Waals surface area contributed by atoms with Crippen LogP contribution in [0.4, 0.5) is 10.2 Å². The van der Waals surface area contributed by atoms with Gasteiger partial charge in [-0.3, -0.25) is 14.5 Å². The molecule has 3 aromatic rings. The molecule has 0 fully saturated rings. The van der Waals surface area contributed by atoms with Gasteiger partial charge in [0, 0.05) is 54.0 Å². The second-order valence-electron chi connectivity index (χ2n) is 10.7. The van der Waals surface area contributed by atoms with E-state index in [2.05, 4.69) is 20.4 Å². The first-order chi connectivity index (χ1) is 20.8. The van der Waals surface area contributed by atoms with Gasteiger partial charge in [-0.1, -0.05) is 31.9 Å². The van der Waals surface area contributed by atoms with Crippen LogP contribution in [-0.2, 0) is 21.3 Å². The van der Waals surface area contributed by atoms with Crippen molar-refractivity contribution in [3.05, 3.63) is 63.7 Å². The van der Waals surface area contributed by atoms with Crippen LogP contribution in [0.2, 0.25) is 5.15 Å². The summed E-state index contributed by atoms with van der Waals surface area (Å²) in [5.74, 6) is -0.582. The molecule has 1 aliphatic rings. The summed E-state index contributed by atoms with van der Waals surface area (Å²) in [6.07, 6.45) is 2.99. The molecular weight excluding hydrogens is 582 g/mol. The average Bonchev–Trinajstić information content (AvgIpc) is 3.35. The number of carbonyl (C=O) groups excluding carboxylic acids is 1. The van der Waals surface area contributed by atoms with E-state index in [0.29, 0.717) is 28.9 Å². The number of nitrogens with zero attached hydrogens (tertiary/aromatic N) is 4. The van der Waals surface area contributed by atoms with Gasteiger partial charge < -0.3 is 26.3 Å². The minimum atomic E-state index is -1.79. The number of aryl methyl sites for hydroxylation is 1. The Hall–Kier alpha value is -3.83. The molecule has 1 aliphatic heterocycles. The van der Waals surface area contributed by atoms with Gasteiger partial charge in [0.05, 0.1) is 21.4 Å². The monoisotopic (exact) mass is 617 g/mol. The average molecular weight is 618 g/mol. The molecule has 0 saturated carbocycles. The zero-order valence-electron chi connectivity index (χ0n) is 25.4. The standard InChI is InChI=1S/C30H35B2ClFN7O3/c1-6-15(3)24(35)29(42)43-14-39-28-22-10-17(12-38-28)26-23(27(33)40-41(26)7-2)30(31,32)21(13-37-5)25(36)19-9-8-18(34)11-20(19)16(4)44-22/h8-13,15-16,24H,6-7,14,35-36H2,1-5H3,(H,38,39)/b25-21+,37-13?/t15?,16-,24?/m1/s1. The predicted molar refractivity (Wildman–Crippen MR) is 172 cm³/mol. The summed E-state index contributed by atoms with van der Waals surface area (Å²) in [4.78, 5) is 21.2. The quantitative estimate of drug-likeness (QED) is 0.149. The van der Waals surface area contributed by atoms with Crippen molar-refractivity contribution in [2.24, 2.45) is 22.4 Å². The van der Waals surface area contributed by atoms with E-state index in [9.17, 15) is 9.18 Å². The minimum absolute atomic E-state index is 0.0501. The van der Waals surface area contributed by atoms with Crippen LogP contribution < -0.4 is 21.5 Å². The number of esters is 1. The van der Waals surface area contributed by atoms with Crippen LogP contribution in [0.5, 0.6) is 5.75 Å². The maximum atomic E-state index is 14.6. The number of hydrogen-bond donors (Lipinski definition) is 3. The summed E-state index contributed by atoms with van der Waals surface area (Å²) in [5.41, 5.74) is 15.3. The Morgan fingerprint density at radius 1 is 1.36 bits per heavy atom. The van der Waals surface area contributed by atoms with E-state index in [0.717, 1.165) is 6.42 Å². The molecule has 4 rings (SSSR count). The Kier molecular flexibility index (Phi) is 10.1. The molecule has 228 valence electrons. The molecule has 10 nitrogen and oxygen atoms in total. The van der Waals surface area contributed by atoms with E-state index in [-0.39, 0.29) is 46.2 Å². The van der Waals surface area contributed by atoms with Crippen molar-refractivity contribution in [2.75, 3.05) is 19.1 Å². The molecule has 1 aromatic carbocycles.